The zero-order valence-corrected chi connectivity index (χ0v) is 17.3. The molecule has 0 fully saturated rings. The Morgan fingerprint density at radius 2 is 2.08 bits per heavy atom. The lowest BCUT2D eigenvalue weighted by Gasteiger charge is -2.16. The highest BCUT2D eigenvalue weighted by Gasteiger charge is 2.03. The molecule has 1 rings (SSSR count). The summed E-state index contributed by atoms with van der Waals surface area (Å²) in [7, 11) is 3.82. The number of likely N-dealkylation sites (N-methyl/N-ethyl adjacent to an activating group) is 1. The zero-order valence-electron chi connectivity index (χ0n) is 15.8. The number of nitrogens with one attached hydrogen (secondary N) is 3. The molecule has 1 aromatic rings. The number of ether oxygens (including phenoxy) is 1. The van der Waals surface area contributed by atoms with Crippen molar-refractivity contribution in [1.29, 1.82) is 0 Å². The first-order chi connectivity index (χ1) is 12.6. The molecule has 0 aromatic carbocycles. The fourth-order valence-electron chi connectivity index (χ4n) is 2.17. The molecule has 0 amide bonds. The summed E-state index contributed by atoms with van der Waals surface area (Å²) in [6.07, 6.45) is 2.60. The Labute approximate surface area is 166 Å². The molecule has 0 aliphatic carbocycles. The van der Waals surface area contributed by atoms with Gasteiger partial charge in [0.25, 0.3) is 0 Å². The first-order valence-corrected chi connectivity index (χ1v) is 9.57. The van der Waals surface area contributed by atoms with Crippen LogP contribution in [-0.2, 0) is 4.74 Å². The third-order valence-electron chi connectivity index (χ3n) is 3.50. The number of rotatable bonds is 12. The van der Waals surface area contributed by atoms with E-state index in [2.05, 4.69) is 37.9 Å². The van der Waals surface area contributed by atoms with E-state index in [0.717, 1.165) is 45.2 Å². The number of methoxy groups -OCH3 is 1. The van der Waals surface area contributed by atoms with E-state index < -0.39 is 0 Å². The quantitative estimate of drug-likeness (QED) is 0.282. The van der Waals surface area contributed by atoms with Gasteiger partial charge in [0.1, 0.15) is 5.82 Å². The van der Waals surface area contributed by atoms with Gasteiger partial charge in [-0.3, -0.25) is 4.99 Å². The van der Waals surface area contributed by atoms with Crippen molar-refractivity contribution in [2.45, 2.75) is 13.3 Å². The maximum absolute atomic E-state index is 6.09. The second kappa shape index (κ2) is 13.9. The van der Waals surface area contributed by atoms with Crippen molar-refractivity contribution in [2.75, 3.05) is 65.3 Å². The molecule has 0 aliphatic heterocycles. The second-order valence-electron chi connectivity index (χ2n) is 5.75. The third-order valence-corrected chi connectivity index (χ3v) is 4.00. The molecular weight excluding hydrogens is 375 g/mol. The van der Waals surface area contributed by atoms with Crippen LogP contribution in [0, 0.1) is 0 Å². The normalized spacial score (nSPS) is 11.7. The number of aromatic nitrogens is 1. The van der Waals surface area contributed by atoms with Gasteiger partial charge in [-0.05, 0) is 26.5 Å². The lowest BCUT2D eigenvalue weighted by atomic mass is 10.4. The summed E-state index contributed by atoms with van der Waals surface area (Å²) < 4.78 is 5.07. The van der Waals surface area contributed by atoms with Gasteiger partial charge in [0, 0.05) is 52.6 Å². The number of aliphatic imine (C=N–C) groups is 1. The summed E-state index contributed by atoms with van der Waals surface area (Å²) >= 11 is 11.9. The summed E-state index contributed by atoms with van der Waals surface area (Å²) in [5.41, 5.74) is 0. The van der Waals surface area contributed by atoms with Gasteiger partial charge >= 0.3 is 0 Å². The summed E-state index contributed by atoms with van der Waals surface area (Å²) in [5.74, 6) is 1.42. The van der Waals surface area contributed by atoms with Crippen LogP contribution >= 0.6 is 23.2 Å². The van der Waals surface area contributed by atoms with E-state index in [0.29, 0.717) is 29.0 Å². The van der Waals surface area contributed by atoms with E-state index in [4.69, 9.17) is 27.9 Å². The van der Waals surface area contributed by atoms with Gasteiger partial charge in [-0.1, -0.05) is 23.2 Å². The maximum atomic E-state index is 6.09. The van der Waals surface area contributed by atoms with Crippen LogP contribution in [0.3, 0.4) is 0 Å². The van der Waals surface area contributed by atoms with Crippen molar-refractivity contribution in [1.82, 2.24) is 20.5 Å². The minimum Gasteiger partial charge on any atom is -0.385 e. The van der Waals surface area contributed by atoms with Crippen LogP contribution in [0.25, 0.3) is 0 Å². The monoisotopic (exact) mass is 404 g/mol. The van der Waals surface area contributed by atoms with Crippen molar-refractivity contribution in [3.05, 3.63) is 22.3 Å². The lowest BCUT2D eigenvalue weighted by Crippen LogP contribution is -2.40. The standard InChI is InChI=1S/C17H30Cl2N6O/c1-4-20-17(23-8-10-25(2)9-5-11-26-3)22-7-6-21-16-15(19)12-14(18)13-24-16/h12-13H,4-11H2,1-3H3,(H,21,24)(H2,20,22,23). The average Bonchev–Trinajstić information content (AvgIpc) is 2.60. The number of hydrogen-bond acceptors (Lipinski definition) is 5. The second-order valence-corrected chi connectivity index (χ2v) is 6.59. The Morgan fingerprint density at radius 3 is 2.77 bits per heavy atom. The molecule has 0 unspecified atom stereocenters. The molecule has 0 spiro atoms. The van der Waals surface area contributed by atoms with Crippen LogP contribution in [0.5, 0.6) is 0 Å². The van der Waals surface area contributed by atoms with Crippen molar-refractivity contribution in [3.63, 3.8) is 0 Å². The van der Waals surface area contributed by atoms with Crippen LogP contribution in [-0.4, -0.2) is 75.9 Å². The summed E-state index contributed by atoms with van der Waals surface area (Å²) in [5, 5.41) is 10.7. The highest BCUT2D eigenvalue weighted by molar-refractivity contribution is 6.35. The van der Waals surface area contributed by atoms with Crippen LogP contribution < -0.4 is 16.0 Å². The van der Waals surface area contributed by atoms with Crippen LogP contribution in [0.15, 0.2) is 17.3 Å². The molecule has 0 atom stereocenters. The fraction of sp³-hybridized carbons (Fsp3) is 0.647. The lowest BCUT2D eigenvalue weighted by molar-refractivity contribution is 0.180. The first-order valence-electron chi connectivity index (χ1n) is 8.81. The number of nitrogens with zero attached hydrogens (tertiary/aromatic N) is 3. The molecule has 26 heavy (non-hydrogen) atoms. The molecule has 148 valence electrons. The highest BCUT2D eigenvalue weighted by Crippen LogP contribution is 2.21. The van der Waals surface area contributed by atoms with E-state index in [1.165, 1.54) is 0 Å². The molecule has 0 bridgehead atoms. The molecule has 0 aliphatic rings. The fourth-order valence-corrected chi connectivity index (χ4v) is 2.62. The first kappa shape index (κ1) is 22.8. The Balaban J connectivity index is 2.30. The Bertz CT molecular complexity index is 544. The highest BCUT2D eigenvalue weighted by atomic mass is 35.5. The minimum atomic E-state index is 0.509. The zero-order chi connectivity index (χ0) is 19.2. The average molecular weight is 405 g/mol. The van der Waals surface area contributed by atoms with Crippen LogP contribution in [0.2, 0.25) is 10.0 Å². The van der Waals surface area contributed by atoms with Gasteiger partial charge < -0.3 is 25.6 Å². The third kappa shape index (κ3) is 10.0. The summed E-state index contributed by atoms with van der Waals surface area (Å²) in [4.78, 5) is 11.0. The van der Waals surface area contributed by atoms with Crippen molar-refractivity contribution >= 4 is 35.0 Å². The number of anilines is 1. The predicted octanol–water partition coefficient (Wildman–Crippen LogP) is 2.32. The molecule has 1 heterocycles. The molecule has 3 N–H and O–H groups in total. The van der Waals surface area contributed by atoms with Gasteiger partial charge in [-0.25, -0.2) is 4.98 Å². The van der Waals surface area contributed by atoms with E-state index in [1.807, 2.05) is 6.92 Å². The van der Waals surface area contributed by atoms with Gasteiger partial charge in [0.2, 0.25) is 0 Å². The summed E-state index contributed by atoms with van der Waals surface area (Å²) in [6, 6.07) is 1.67. The smallest absolute Gasteiger partial charge is 0.191 e. The number of pyridine rings is 1. The van der Waals surface area contributed by atoms with E-state index in [9.17, 15) is 0 Å². The molecule has 0 saturated carbocycles. The number of guanidine groups is 1. The molecular formula is C17H30Cl2N6O. The van der Waals surface area contributed by atoms with E-state index in [1.54, 1.807) is 19.4 Å². The minimum absolute atomic E-state index is 0.509. The number of hydrogen-bond donors (Lipinski definition) is 3. The van der Waals surface area contributed by atoms with E-state index in [-0.39, 0.29) is 0 Å². The van der Waals surface area contributed by atoms with Crippen LogP contribution in [0.1, 0.15) is 13.3 Å². The molecule has 0 radical (unpaired) electrons. The summed E-state index contributed by atoms with van der Waals surface area (Å²) in [6.45, 7) is 7.64. The van der Waals surface area contributed by atoms with Crippen molar-refractivity contribution in [2.24, 2.45) is 4.99 Å². The largest absolute Gasteiger partial charge is 0.385 e. The number of halogens is 2. The Morgan fingerprint density at radius 1 is 1.27 bits per heavy atom. The Hall–Kier alpha value is -1.28. The van der Waals surface area contributed by atoms with Gasteiger partial charge in [0.05, 0.1) is 16.6 Å². The maximum Gasteiger partial charge on any atom is 0.191 e. The molecule has 7 nitrogen and oxygen atoms in total. The van der Waals surface area contributed by atoms with Gasteiger partial charge in [0.15, 0.2) is 5.96 Å². The molecule has 9 heteroatoms. The van der Waals surface area contributed by atoms with E-state index >= 15 is 0 Å². The molecule has 0 saturated heterocycles. The van der Waals surface area contributed by atoms with Gasteiger partial charge in [-0.2, -0.15) is 0 Å². The van der Waals surface area contributed by atoms with Crippen molar-refractivity contribution in [3.8, 4) is 0 Å². The molecule has 1 aromatic heterocycles. The van der Waals surface area contributed by atoms with Crippen LogP contribution in [0.4, 0.5) is 5.82 Å². The van der Waals surface area contributed by atoms with Gasteiger partial charge in [-0.15, -0.1) is 0 Å². The topological polar surface area (TPSA) is 73.8 Å². The SMILES string of the molecule is CCNC(=NCCN(C)CCCOC)NCCNc1ncc(Cl)cc1Cl. The predicted molar refractivity (Wildman–Crippen MR) is 111 cm³/mol. The van der Waals surface area contributed by atoms with Crippen molar-refractivity contribution < 1.29 is 4.74 Å². The Kier molecular flexibility index (Phi) is 12.1.